The van der Waals surface area contributed by atoms with E-state index in [2.05, 4.69) is 28.9 Å². The van der Waals surface area contributed by atoms with E-state index in [0.717, 1.165) is 49.2 Å². The highest BCUT2D eigenvalue weighted by atomic mass is 19.1. The standard InChI is InChI=1S/C22H25FN2O/c1-15-13-21(26-2)18(16-10-11-24-22(15)16)14-25-12-6-5-9-20(25)17-7-3-4-8-19(17)23/h3-4,7-8,10-11,13,20,24H,5-6,9,12,14H2,1-2H3/t20-/m0/s1. The van der Waals surface area contributed by atoms with E-state index in [9.17, 15) is 4.39 Å². The first-order valence-electron chi connectivity index (χ1n) is 9.31. The predicted molar refractivity (Wildman–Crippen MR) is 103 cm³/mol. The summed E-state index contributed by atoms with van der Waals surface area (Å²) in [4.78, 5) is 5.74. The van der Waals surface area contributed by atoms with Gasteiger partial charge in [-0.25, -0.2) is 4.39 Å². The van der Waals surface area contributed by atoms with E-state index in [1.54, 1.807) is 19.2 Å². The molecule has 0 saturated carbocycles. The number of halogens is 1. The number of fused-ring (bicyclic) bond motifs is 1. The number of aromatic amines is 1. The Bertz CT molecular complexity index is 918. The summed E-state index contributed by atoms with van der Waals surface area (Å²) in [6, 6.07) is 11.5. The molecule has 1 saturated heterocycles. The van der Waals surface area contributed by atoms with Crippen molar-refractivity contribution in [1.82, 2.24) is 9.88 Å². The van der Waals surface area contributed by atoms with Crippen molar-refractivity contribution < 1.29 is 9.13 Å². The summed E-state index contributed by atoms with van der Waals surface area (Å²) in [5, 5.41) is 1.19. The van der Waals surface area contributed by atoms with Gasteiger partial charge in [-0.2, -0.15) is 0 Å². The van der Waals surface area contributed by atoms with Crippen LogP contribution in [0.5, 0.6) is 5.75 Å². The summed E-state index contributed by atoms with van der Waals surface area (Å²) in [6.07, 6.45) is 5.26. The van der Waals surface area contributed by atoms with Crippen molar-refractivity contribution in [2.24, 2.45) is 0 Å². The molecule has 0 spiro atoms. The Morgan fingerprint density at radius 2 is 2.08 bits per heavy atom. The minimum atomic E-state index is -0.105. The third-order valence-corrected chi connectivity index (χ3v) is 5.57. The summed E-state index contributed by atoms with van der Waals surface area (Å²) in [7, 11) is 1.72. The summed E-state index contributed by atoms with van der Waals surface area (Å²) in [6.45, 7) is 3.83. The number of likely N-dealkylation sites (tertiary alicyclic amines) is 1. The van der Waals surface area contributed by atoms with E-state index < -0.39 is 0 Å². The van der Waals surface area contributed by atoms with Crippen molar-refractivity contribution in [2.75, 3.05) is 13.7 Å². The van der Waals surface area contributed by atoms with E-state index >= 15 is 0 Å². The van der Waals surface area contributed by atoms with Gasteiger partial charge in [0, 0.05) is 40.8 Å². The minimum Gasteiger partial charge on any atom is -0.496 e. The Morgan fingerprint density at radius 1 is 1.23 bits per heavy atom. The molecule has 3 nitrogen and oxygen atoms in total. The van der Waals surface area contributed by atoms with Gasteiger partial charge in [-0.15, -0.1) is 0 Å². The van der Waals surface area contributed by atoms with Gasteiger partial charge < -0.3 is 9.72 Å². The molecule has 1 atom stereocenters. The van der Waals surface area contributed by atoms with Gasteiger partial charge >= 0.3 is 0 Å². The van der Waals surface area contributed by atoms with Crippen LogP contribution < -0.4 is 4.74 Å². The number of H-pyrrole nitrogens is 1. The molecule has 1 N–H and O–H groups in total. The second kappa shape index (κ2) is 7.12. The van der Waals surface area contributed by atoms with Gasteiger partial charge in [-0.1, -0.05) is 24.6 Å². The Morgan fingerprint density at radius 3 is 2.88 bits per heavy atom. The first kappa shape index (κ1) is 17.1. The zero-order chi connectivity index (χ0) is 18.1. The summed E-state index contributed by atoms with van der Waals surface area (Å²) >= 11 is 0. The summed E-state index contributed by atoms with van der Waals surface area (Å²) in [5.41, 5.74) is 4.32. The number of piperidine rings is 1. The molecule has 1 aromatic heterocycles. The predicted octanol–water partition coefficient (Wildman–Crippen LogP) is 5.35. The zero-order valence-corrected chi connectivity index (χ0v) is 15.4. The molecule has 0 radical (unpaired) electrons. The first-order chi connectivity index (χ1) is 12.7. The number of methoxy groups -OCH3 is 1. The molecule has 2 heterocycles. The van der Waals surface area contributed by atoms with Gasteiger partial charge in [0.1, 0.15) is 11.6 Å². The molecule has 0 bridgehead atoms. The monoisotopic (exact) mass is 352 g/mol. The van der Waals surface area contributed by atoms with Crippen LogP contribution in [-0.2, 0) is 6.54 Å². The third-order valence-electron chi connectivity index (χ3n) is 5.57. The number of hydrogen-bond donors (Lipinski definition) is 1. The first-order valence-corrected chi connectivity index (χ1v) is 9.31. The molecule has 4 rings (SSSR count). The van der Waals surface area contributed by atoms with Crippen LogP contribution >= 0.6 is 0 Å². The molecular weight excluding hydrogens is 327 g/mol. The lowest BCUT2D eigenvalue weighted by Crippen LogP contribution is -2.33. The Labute approximate surface area is 153 Å². The molecule has 2 aromatic carbocycles. The second-order valence-corrected chi connectivity index (χ2v) is 7.14. The topological polar surface area (TPSA) is 28.3 Å². The van der Waals surface area contributed by atoms with Gasteiger partial charge in [-0.05, 0) is 50.1 Å². The highest BCUT2D eigenvalue weighted by Gasteiger charge is 2.27. The van der Waals surface area contributed by atoms with Crippen molar-refractivity contribution in [3.8, 4) is 5.75 Å². The molecule has 3 aromatic rings. The van der Waals surface area contributed by atoms with Crippen LogP contribution in [0.15, 0.2) is 42.6 Å². The van der Waals surface area contributed by atoms with Gasteiger partial charge in [-0.3, -0.25) is 4.90 Å². The average Bonchev–Trinajstić information content (AvgIpc) is 3.15. The molecule has 1 fully saturated rings. The fourth-order valence-electron chi connectivity index (χ4n) is 4.26. The third kappa shape index (κ3) is 2.99. The number of nitrogens with one attached hydrogen (secondary N) is 1. The number of nitrogens with zero attached hydrogens (tertiary/aromatic N) is 1. The number of hydrogen-bond acceptors (Lipinski definition) is 2. The molecule has 1 aliphatic rings. The number of benzene rings is 2. The molecule has 26 heavy (non-hydrogen) atoms. The molecule has 136 valence electrons. The number of aryl methyl sites for hydroxylation is 1. The smallest absolute Gasteiger partial charge is 0.127 e. The van der Waals surface area contributed by atoms with Crippen LogP contribution in [0.25, 0.3) is 10.9 Å². The lowest BCUT2D eigenvalue weighted by atomic mass is 9.93. The molecular formula is C22H25FN2O. The summed E-state index contributed by atoms with van der Waals surface area (Å²) in [5.74, 6) is 0.805. The second-order valence-electron chi connectivity index (χ2n) is 7.14. The fourth-order valence-corrected chi connectivity index (χ4v) is 4.26. The number of ether oxygens (including phenoxy) is 1. The van der Waals surface area contributed by atoms with Crippen LogP contribution in [-0.4, -0.2) is 23.5 Å². The van der Waals surface area contributed by atoms with Crippen molar-refractivity contribution in [3.63, 3.8) is 0 Å². The number of rotatable bonds is 4. The maximum absolute atomic E-state index is 14.4. The lowest BCUT2D eigenvalue weighted by Gasteiger charge is -2.36. The van der Waals surface area contributed by atoms with Crippen molar-refractivity contribution in [1.29, 1.82) is 0 Å². The van der Waals surface area contributed by atoms with E-state index in [0.29, 0.717) is 0 Å². The van der Waals surface area contributed by atoms with Gasteiger partial charge in [0.15, 0.2) is 0 Å². The molecule has 0 amide bonds. The molecule has 0 aliphatic carbocycles. The van der Waals surface area contributed by atoms with Crippen LogP contribution in [0.3, 0.4) is 0 Å². The van der Waals surface area contributed by atoms with Crippen molar-refractivity contribution in [3.05, 3.63) is 65.1 Å². The van der Waals surface area contributed by atoms with E-state index in [-0.39, 0.29) is 11.9 Å². The van der Waals surface area contributed by atoms with E-state index in [4.69, 9.17) is 4.74 Å². The fraction of sp³-hybridized carbons (Fsp3) is 0.364. The highest BCUT2D eigenvalue weighted by Crippen LogP contribution is 2.37. The zero-order valence-electron chi connectivity index (χ0n) is 15.4. The lowest BCUT2D eigenvalue weighted by molar-refractivity contribution is 0.136. The van der Waals surface area contributed by atoms with Crippen LogP contribution in [0.2, 0.25) is 0 Å². The molecule has 0 unspecified atom stereocenters. The van der Waals surface area contributed by atoms with E-state index in [1.807, 2.05) is 18.3 Å². The van der Waals surface area contributed by atoms with E-state index in [1.165, 1.54) is 16.5 Å². The molecule has 4 heteroatoms. The highest BCUT2D eigenvalue weighted by molar-refractivity contribution is 5.88. The maximum Gasteiger partial charge on any atom is 0.127 e. The normalized spacial score (nSPS) is 18.3. The Kier molecular flexibility index (Phi) is 4.68. The average molecular weight is 352 g/mol. The van der Waals surface area contributed by atoms with Crippen LogP contribution in [0.4, 0.5) is 4.39 Å². The Hall–Kier alpha value is -2.33. The quantitative estimate of drug-likeness (QED) is 0.685. The van der Waals surface area contributed by atoms with Crippen molar-refractivity contribution in [2.45, 2.75) is 38.8 Å². The SMILES string of the molecule is COc1cc(C)c2[nH]ccc2c1CN1CCCC[C@H]1c1ccccc1F. The molecule has 1 aliphatic heterocycles. The van der Waals surface area contributed by atoms with Crippen molar-refractivity contribution >= 4 is 10.9 Å². The van der Waals surface area contributed by atoms with Crippen LogP contribution in [0.1, 0.15) is 42.0 Å². The minimum absolute atomic E-state index is 0.105. The Balaban J connectivity index is 1.73. The van der Waals surface area contributed by atoms with Gasteiger partial charge in [0.25, 0.3) is 0 Å². The largest absolute Gasteiger partial charge is 0.496 e. The van der Waals surface area contributed by atoms with Gasteiger partial charge in [0.2, 0.25) is 0 Å². The summed E-state index contributed by atoms with van der Waals surface area (Å²) < 4.78 is 20.1. The van der Waals surface area contributed by atoms with Gasteiger partial charge in [0.05, 0.1) is 7.11 Å². The maximum atomic E-state index is 14.4. The number of aromatic nitrogens is 1. The van der Waals surface area contributed by atoms with Crippen LogP contribution in [0, 0.1) is 12.7 Å².